The molecule has 0 aromatic heterocycles. The van der Waals surface area contributed by atoms with E-state index >= 15 is 0 Å². The van der Waals surface area contributed by atoms with Gasteiger partial charge in [0.1, 0.15) is 5.69 Å². The molecule has 1 atom stereocenters. The Morgan fingerprint density at radius 1 is 1.53 bits per heavy atom. The molecule has 1 heterocycles. The van der Waals surface area contributed by atoms with Gasteiger partial charge in [-0.25, -0.2) is 0 Å². The highest BCUT2D eigenvalue weighted by Gasteiger charge is 2.24. The van der Waals surface area contributed by atoms with Crippen LogP contribution < -0.4 is 16.6 Å². The van der Waals surface area contributed by atoms with Gasteiger partial charge in [0.15, 0.2) is 0 Å². The predicted octanol–water partition coefficient (Wildman–Crippen LogP) is 1.12. The molecule has 1 aromatic carbocycles. The summed E-state index contributed by atoms with van der Waals surface area (Å²) in [6, 6.07) is 4.40. The number of hydrogen-bond acceptors (Lipinski definition) is 6. The van der Waals surface area contributed by atoms with Gasteiger partial charge in [0.2, 0.25) is 0 Å². The molecule has 0 saturated carbocycles. The van der Waals surface area contributed by atoms with E-state index in [1.807, 2.05) is 0 Å². The topological polar surface area (TPSA) is 110 Å². The number of hydrogen-bond donors (Lipinski definition) is 3. The highest BCUT2D eigenvalue weighted by Crippen LogP contribution is 2.27. The third-order valence-electron chi connectivity index (χ3n) is 2.89. The standard InChI is InChI=1S/C11H14N4O3S/c12-14-10-8(2-1-3-9(10)15(17)18)11(16)13-7-4-5-19-6-7/h1-3,7,14H,4-6,12H2,(H,13,16). The number of para-hydroxylation sites is 1. The van der Waals surface area contributed by atoms with Crippen LogP contribution in [0.4, 0.5) is 11.4 Å². The first-order valence-corrected chi connectivity index (χ1v) is 6.91. The molecule has 1 aliphatic heterocycles. The van der Waals surface area contributed by atoms with Crippen LogP contribution in [0, 0.1) is 10.1 Å². The van der Waals surface area contributed by atoms with Crippen molar-refractivity contribution in [3.8, 4) is 0 Å². The number of carbonyl (C=O) groups is 1. The van der Waals surface area contributed by atoms with Crippen molar-refractivity contribution in [2.75, 3.05) is 16.9 Å². The molecule has 19 heavy (non-hydrogen) atoms. The summed E-state index contributed by atoms with van der Waals surface area (Å²) >= 11 is 1.77. The van der Waals surface area contributed by atoms with Gasteiger partial charge in [-0.05, 0) is 18.2 Å². The number of nitro benzene ring substituents is 1. The minimum absolute atomic E-state index is 0.0376. The highest BCUT2D eigenvalue weighted by molar-refractivity contribution is 7.99. The molecule has 1 saturated heterocycles. The normalized spacial score (nSPS) is 18.1. The number of nitrogens with two attached hydrogens (primary N) is 1. The first kappa shape index (κ1) is 13.6. The summed E-state index contributed by atoms with van der Waals surface area (Å²) in [4.78, 5) is 22.4. The molecule has 102 valence electrons. The number of nitrogens with one attached hydrogen (secondary N) is 2. The van der Waals surface area contributed by atoms with Gasteiger partial charge in [0, 0.05) is 17.9 Å². The van der Waals surface area contributed by atoms with Gasteiger partial charge in [0.25, 0.3) is 11.6 Å². The van der Waals surface area contributed by atoms with Crippen LogP contribution in [0.2, 0.25) is 0 Å². The van der Waals surface area contributed by atoms with Gasteiger partial charge < -0.3 is 10.7 Å². The molecule has 8 heteroatoms. The van der Waals surface area contributed by atoms with E-state index in [1.54, 1.807) is 11.8 Å². The third kappa shape index (κ3) is 2.96. The molecule has 7 nitrogen and oxygen atoms in total. The lowest BCUT2D eigenvalue weighted by atomic mass is 10.1. The van der Waals surface area contributed by atoms with Crippen LogP contribution in [-0.2, 0) is 0 Å². The number of hydrazine groups is 1. The Labute approximate surface area is 114 Å². The number of nitro groups is 1. The van der Waals surface area contributed by atoms with E-state index < -0.39 is 4.92 Å². The summed E-state index contributed by atoms with van der Waals surface area (Å²) < 4.78 is 0. The zero-order chi connectivity index (χ0) is 13.8. The Hall–Kier alpha value is -1.80. The Bertz CT molecular complexity index is 503. The van der Waals surface area contributed by atoms with Crippen LogP contribution in [0.15, 0.2) is 18.2 Å². The van der Waals surface area contributed by atoms with Crippen LogP contribution in [0.1, 0.15) is 16.8 Å². The lowest BCUT2D eigenvalue weighted by Gasteiger charge is -2.13. The maximum absolute atomic E-state index is 12.1. The molecule has 0 bridgehead atoms. The summed E-state index contributed by atoms with van der Waals surface area (Å²) in [5.74, 6) is 6.84. The number of anilines is 1. The van der Waals surface area contributed by atoms with Crippen LogP contribution >= 0.6 is 11.8 Å². The smallest absolute Gasteiger partial charge is 0.294 e. The number of nitrogens with zero attached hydrogens (tertiary/aromatic N) is 1. The Morgan fingerprint density at radius 3 is 2.89 bits per heavy atom. The van der Waals surface area contributed by atoms with Gasteiger partial charge in [-0.1, -0.05) is 6.07 Å². The minimum Gasteiger partial charge on any atom is -0.348 e. The maximum Gasteiger partial charge on any atom is 0.294 e. The van der Waals surface area contributed by atoms with E-state index in [4.69, 9.17) is 5.84 Å². The number of carbonyl (C=O) groups excluding carboxylic acids is 1. The number of benzene rings is 1. The van der Waals surface area contributed by atoms with Crippen molar-refractivity contribution in [1.82, 2.24) is 5.32 Å². The van der Waals surface area contributed by atoms with Gasteiger partial charge in [-0.15, -0.1) is 0 Å². The summed E-state index contributed by atoms with van der Waals surface area (Å²) in [7, 11) is 0. The Morgan fingerprint density at radius 2 is 2.32 bits per heavy atom. The van der Waals surface area contributed by atoms with E-state index in [-0.39, 0.29) is 28.9 Å². The van der Waals surface area contributed by atoms with Gasteiger partial charge >= 0.3 is 0 Å². The summed E-state index contributed by atoms with van der Waals surface area (Å²) in [6.45, 7) is 0. The molecule has 0 spiro atoms. The van der Waals surface area contributed by atoms with Crippen molar-refractivity contribution in [2.45, 2.75) is 12.5 Å². The molecule has 2 rings (SSSR count). The number of rotatable bonds is 4. The summed E-state index contributed by atoms with van der Waals surface area (Å²) in [6.07, 6.45) is 0.913. The molecule has 1 unspecified atom stereocenters. The average Bonchev–Trinajstić information content (AvgIpc) is 2.90. The van der Waals surface area contributed by atoms with Crippen LogP contribution in [0.3, 0.4) is 0 Å². The number of nitrogen functional groups attached to an aromatic ring is 1. The number of amides is 1. The molecule has 0 radical (unpaired) electrons. The molecule has 1 aliphatic rings. The fourth-order valence-corrected chi connectivity index (χ4v) is 3.10. The highest BCUT2D eigenvalue weighted by atomic mass is 32.2. The van der Waals surface area contributed by atoms with Crippen molar-refractivity contribution >= 4 is 29.0 Å². The number of thioether (sulfide) groups is 1. The van der Waals surface area contributed by atoms with Crippen LogP contribution in [0.25, 0.3) is 0 Å². The second-order valence-corrected chi connectivity index (χ2v) is 5.28. The minimum atomic E-state index is -0.572. The van der Waals surface area contributed by atoms with E-state index in [1.165, 1.54) is 18.2 Å². The summed E-state index contributed by atoms with van der Waals surface area (Å²) in [5, 5.41) is 13.7. The van der Waals surface area contributed by atoms with Crippen LogP contribution in [-0.4, -0.2) is 28.4 Å². The maximum atomic E-state index is 12.1. The quantitative estimate of drug-likeness (QED) is 0.433. The van der Waals surface area contributed by atoms with E-state index in [2.05, 4.69) is 10.7 Å². The average molecular weight is 282 g/mol. The molecule has 1 fully saturated rings. The fourth-order valence-electron chi connectivity index (χ4n) is 1.94. The molecular weight excluding hydrogens is 268 g/mol. The van der Waals surface area contributed by atoms with Crippen molar-refractivity contribution in [3.05, 3.63) is 33.9 Å². The van der Waals surface area contributed by atoms with Crippen LogP contribution in [0.5, 0.6) is 0 Å². The van der Waals surface area contributed by atoms with Gasteiger partial charge in [-0.2, -0.15) is 11.8 Å². The third-order valence-corrected chi connectivity index (χ3v) is 4.06. The molecule has 0 aliphatic carbocycles. The molecular formula is C11H14N4O3S. The lowest BCUT2D eigenvalue weighted by molar-refractivity contribution is -0.384. The van der Waals surface area contributed by atoms with E-state index in [0.717, 1.165) is 17.9 Å². The van der Waals surface area contributed by atoms with E-state index in [0.29, 0.717) is 0 Å². The zero-order valence-corrected chi connectivity index (χ0v) is 10.9. The molecule has 1 amide bonds. The first-order chi connectivity index (χ1) is 9.13. The summed E-state index contributed by atoms with van der Waals surface area (Å²) in [5.41, 5.74) is 2.26. The second-order valence-electron chi connectivity index (χ2n) is 4.14. The monoisotopic (exact) mass is 282 g/mol. The van der Waals surface area contributed by atoms with Crippen molar-refractivity contribution in [2.24, 2.45) is 5.84 Å². The van der Waals surface area contributed by atoms with Crippen molar-refractivity contribution in [3.63, 3.8) is 0 Å². The Balaban J connectivity index is 2.25. The lowest BCUT2D eigenvalue weighted by Crippen LogP contribution is -2.35. The SMILES string of the molecule is NNc1c(C(=O)NC2CCSC2)cccc1[N+](=O)[O-]. The van der Waals surface area contributed by atoms with Crippen molar-refractivity contribution < 1.29 is 9.72 Å². The van der Waals surface area contributed by atoms with Gasteiger partial charge in [0.05, 0.1) is 10.5 Å². The van der Waals surface area contributed by atoms with E-state index in [9.17, 15) is 14.9 Å². The Kier molecular flexibility index (Phi) is 4.23. The molecule has 4 N–H and O–H groups in total. The second kappa shape index (κ2) is 5.89. The fraction of sp³-hybridized carbons (Fsp3) is 0.364. The van der Waals surface area contributed by atoms with Gasteiger partial charge in [-0.3, -0.25) is 20.8 Å². The predicted molar refractivity (Wildman–Crippen MR) is 74.1 cm³/mol. The molecule has 1 aromatic rings. The largest absolute Gasteiger partial charge is 0.348 e. The van der Waals surface area contributed by atoms with Crippen molar-refractivity contribution in [1.29, 1.82) is 0 Å². The zero-order valence-electron chi connectivity index (χ0n) is 10.1. The first-order valence-electron chi connectivity index (χ1n) is 5.76.